The molecule has 1 aromatic heterocycles. The molecule has 6 nitrogen and oxygen atoms in total. The molecule has 2 amide bonds. The SMILES string of the molecule is Cc1ccc(CN2CC(C(=O)NC(C)c3ncc(-c4ccccc4)[nH]3)CC2=O)cc1. The van der Waals surface area contributed by atoms with Crippen molar-refractivity contribution in [1.29, 1.82) is 0 Å². The number of nitrogens with one attached hydrogen (secondary N) is 2. The summed E-state index contributed by atoms with van der Waals surface area (Å²) in [6, 6.07) is 17.8. The van der Waals surface area contributed by atoms with Crippen molar-refractivity contribution >= 4 is 11.8 Å². The number of hydrogen-bond donors (Lipinski definition) is 2. The zero-order chi connectivity index (χ0) is 21.1. The molecule has 6 heteroatoms. The summed E-state index contributed by atoms with van der Waals surface area (Å²) in [5, 5.41) is 3.00. The lowest BCUT2D eigenvalue weighted by molar-refractivity contribution is -0.129. The van der Waals surface area contributed by atoms with Gasteiger partial charge in [-0.25, -0.2) is 4.98 Å². The van der Waals surface area contributed by atoms with Gasteiger partial charge in [0, 0.05) is 19.5 Å². The first kappa shape index (κ1) is 19.9. The molecule has 0 radical (unpaired) electrons. The molecule has 2 heterocycles. The van der Waals surface area contributed by atoms with E-state index in [2.05, 4.69) is 15.3 Å². The topological polar surface area (TPSA) is 78.1 Å². The number of carbonyl (C=O) groups excluding carboxylic acids is 2. The van der Waals surface area contributed by atoms with E-state index in [1.165, 1.54) is 5.56 Å². The van der Waals surface area contributed by atoms with E-state index in [0.29, 0.717) is 18.9 Å². The molecule has 0 bridgehead atoms. The van der Waals surface area contributed by atoms with Crippen molar-refractivity contribution in [2.75, 3.05) is 6.54 Å². The molecule has 1 aliphatic rings. The number of carbonyl (C=O) groups is 2. The van der Waals surface area contributed by atoms with Crippen LogP contribution in [0.3, 0.4) is 0 Å². The number of likely N-dealkylation sites (tertiary alicyclic amines) is 1. The van der Waals surface area contributed by atoms with E-state index in [1.807, 2.05) is 68.4 Å². The number of aromatic amines is 1. The van der Waals surface area contributed by atoms with E-state index in [-0.39, 0.29) is 30.2 Å². The zero-order valence-electron chi connectivity index (χ0n) is 17.3. The quantitative estimate of drug-likeness (QED) is 0.661. The van der Waals surface area contributed by atoms with Crippen LogP contribution in [0, 0.1) is 12.8 Å². The average molecular weight is 402 g/mol. The highest BCUT2D eigenvalue weighted by Gasteiger charge is 2.34. The lowest BCUT2D eigenvalue weighted by atomic mass is 10.1. The molecule has 4 rings (SSSR count). The van der Waals surface area contributed by atoms with E-state index in [1.54, 1.807) is 11.1 Å². The van der Waals surface area contributed by atoms with E-state index >= 15 is 0 Å². The molecular formula is C24H26N4O2. The Kier molecular flexibility index (Phi) is 5.65. The molecule has 0 saturated carbocycles. The van der Waals surface area contributed by atoms with Crippen LogP contribution in [0.15, 0.2) is 60.8 Å². The molecule has 0 aliphatic carbocycles. The second kappa shape index (κ2) is 8.53. The predicted octanol–water partition coefficient (Wildman–Crippen LogP) is 3.61. The standard InChI is InChI=1S/C24H26N4O2/c1-16-8-10-18(11-9-16)14-28-15-20(12-22(28)29)24(30)26-17(2)23-25-13-21(27-23)19-6-4-3-5-7-19/h3-11,13,17,20H,12,14-15H2,1-2H3,(H,25,27)(H,26,30). The van der Waals surface area contributed by atoms with Gasteiger partial charge in [-0.2, -0.15) is 0 Å². The van der Waals surface area contributed by atoms with Crippen molar-refractivity contribution in [2.45, 2.75) is 32.9 Å². The Morgan fingerprint density at radius 3 is 2.67 bits per heavy atom. The summed E-state index contributed by atoms with van der Waals surface area (Å²) in [7, 11) is 0. The third-order valence-corrected chi connectivity index (χ3v) is 5.53. The molecule has 1 saturated heterocycles. The number of rotatable bonds is 6. The summed E-state index contributed by atoms with van der Waals surface area (Å²) < 4.78 is 0. The molecule has 3 aromatic rings. The van der Waals surface area contributed by atoms with Crippen molar-refractivity contribution in [2.24, 2.45) is 5.92 Å². The van der Waals surface area contributed by atoms with Crippen LogP contribution in [0.5, 0.6) is 0 Å². The van der Waals surface area contributed by atoms with Crippen LogP contribution in [0.1, 0.15) is 36.3 Å². The minimum atomic E-state index is -0.339. The molecule has 2 atom stereocenters. The van der Waals surface area contributed by atoms with Crippen LogP contribution in [0.4, 0.5) is 0 Å². The number of aromatic nitrogens is 2. The zero-order valence-corrected chi connectivity index (χ0v) is 17.3. The number of nitrogens with zero attached hydrogens (tertiary/aromatic N) is 2. The fourth-order valence-electron chi connectivity index (χ4n) is 3.74. The second-order valence-electron chi connectivity index (χ2n) is 7.94. The van der Waals surface area contributed by atoms with Gasteiger partial charge in [-0.15, -0.1) is 0 Å². The maximum Gasteiger partial charge on any atom is 0.226 e. The summed E-state index contributed by atoms with van der Waals surface area (Å²) in [4.78, 5) is 34.6. The summed E-state index contributed by atoms with van der Waals surface area (Å²) in [6.45, 7) is 4.91. The smallest absolute Gasteiger partial charge is 0.226 e. The number of imidazole rings is 1. The van der Waals surface area contributed by atoms with E-state index in [4.69, 9.17) is 0 Å². The third-order valence-electron chi connectivity index (χ3n) is 5.53. The van der Waals surface area contributed by atoms with Crippen molar-refractivity contribution in [3.8, 4) is 11.3 Å². The summed E-state index contributed by atoms with van der Waals surface area (Å²) in [6.07, 6.45) is 2.02. The van der Waals surface area contributed by atoms with Gasteiger partial charge in [0.25, 0.3) is 0 Å². The summed E-state index contributed by atoms with van der Waals surface area (Å²) in [5.41, 5.74) is 4.22. The lowest BCUT2D eigenvalue weighted by Crippen LogP contribution is -2.34. The number of benzene rings is 2. The monoisotopic (exact) mass is 402 g/mol. The molecule has 0 spiro atoms. The number of H-pyrrole nitrogens is 1. The minimum Gasteiger partial charge on any atom is -0.346 e. The first-order chi connectivity index (χ1) is 14.5. The molecule has 2 unspecified atom stereocenters. The van der Waals surface area contributed by atoms with E-state index in [9.17, 15) is 9.59 Å². The lowest BCUT2D eigenvalue weighted by Gasteiger charge is -2.18. The third kappa shape index (κ3) is 4.43. The van der Waals surface area contributed by atoms with Crippen LogP contribution in [0.25, 0.3) is 11.3 Å². The van der Waals surface area contributed by atoms with Gasteiger partial charge in [0.2, 0.25) is 11.8 Å². The Morgan fingerprint density at radius 1 is 1.20 bits per heavy atom. The normalized spacial score (nSPS) is 17.2. The average Bonchev–Trinajstić information content (AvgIpc) is 3.38. The Bertz CT molecular complexity index is 1030. The first-order valence-electron chi connectivity index (χ1n) is 10.2. The van der Waals surface area contributed by atoms with Crippen LogP contribution >= 0.6 is 0 Å². The Labute approximate surface area is 176 Å². The van der Waals surface area contributed by atoms with Crippen LogP contribution < -0.4 is 5.32 Å². The van der Waals surface area contributed by atoms with E-state index < -0.39 is 0 Å². The van der Waals surface area contributed by atoms with Crippen molar-refractivity contribution in [3.63, 3.8) is 0 Å². The van der Waals surface area contributed by atoms with Crippen LogP contribution in [0.2, 0.25) is 0 Å². The Hall–Kier alpha value is -3.41. The van der Waals surface area contributed by atoms with Crippen molar-refractivity contribution in [3.05, 3.63) is 77.7 Å². The maximum absolute atomic E-state index is 12.8. The van der Waals surface area contributed by atoms with Gasteiger partial charge < -0.3 is 15.2 Å². The molecule has 154 valence electrons. The van der Waals surface area contributed by atoms with Gasteiger partial charge in [-0.3, -0.25) is 9.59 Å². The maximum atomic E-state index is 12.8. The summed E-state index contributed by atoms with van der Waals surface area (Å²) >= 11 is 0. The first-order valence-corrected chi connectivity index (χ1v) is 10.2. The highest BCUT2D eigenvalue weighted by Crippen LogP contribution is 2.23. The largest absolute Gasteiger partial charge is 0.346 e. The summed E-state index contributed by atoms with van der Waals surface area (Å²) in [5.74, 6) is 0.268. The van der Waals surface area contributed by atoms with Gasteiger partial charge in [0.1, 0.15) is 5.82 Å². The van der Waals surface area contributed by atoms with Crippen molar-refractivity contribution < 1.29 is 9.59 Å². The molecular weight excluding hydrogens is 376 g/mol. The van der Waals surface area contributed by atoms with Crippen LogP contribution in [-0.4, -0.2) is 33.2 Å². The number of amides is 2. The fraction of sp³-hybridized carbons (Fsp3) is 0.292. The van der Waals surface area contributed by atoms with Gasteiger partial charge >= 0.3 is 0 Å². The minimum absolute atomic E-state index is 0.0211. The fourth-order valence-corrected chi connectivity index (χ4v) is 3.74. The van der Waals surface area contributed by atoms with Gasteiger partial charge in [0.15, 0.2) is 0 Å². The molecule has 1 fully saturated rings. The second-order valence-corrected chi connectivity index (χ2v) is 7.94. The molecule has 2 N–H and O–H groups in total. The van der Waals surface area contributed by atoms with Gasteiger partial charge in [-0.1, -0.05) is 60.2 Å². The Balaban J connectivity index is 1.35. The highest BCUT2D eigenvalue weighted by atomic mass is 16.2. The van der Waals surface area contributed by atoms with Crippen LogP contribution in [-0.2, 0) is 16.1 Å². The van der Waals surface area contributed by atoms with E-state index in [0.717, 1.165) is 16.8 Å². The van der Waals surface area contributed by atoms with Gasteiger partial charge in [0.05, 0.1) is 23.9 Å². The molecule has 2 aromatic carbocycles. The predicted molar refractivity (Wildman–Crippen MR) is 115 cm³/mol. The molecule has 30 heavy (non-hydrogen) atoms. The molecule has 1 aliphatic heterocycles. The highest BCUT2D eigenvalue weighted by molar-refractivity contribution is 5.89. The number of hydrogen-bond acceptors (Lipinski definition) is 3. The Morgan fingerprint density at radius 2 is 1.93 bits per heavy atom. The number of aryl methyl sites for hydroxylation is 1. The van der Waals surface area contributed by atoms with Crippen molar-refractivity contribution in [1.82, 2.24) is 20.2 Å². The van der Waals surface area contributed by atoms with Gasteiger partial charge in [-0.05, 0) is 25.0 Å².